The summed E-state index contributed by atoms with van der Waals surface area (Å²) in [7, 11) is 0. The Bertz CT molecular complexity index is 802. The fourth-order valence-electron chi connectivity index (χ4n) is 6.22. The van der Waals surface area contributed by atoms with Crippen LogP contribution in [0.15, 0.2) is 23.1 Å². The lowest BCUT2D eigenvalue weighted by atomic mass is 9.90. The van der Waals surface area contributed by atoms with E-state index in [4.69, 9.17) is 0 Å². The van der Waals surface area contributed by atoms with Crippen LogP contribution in [-0.2, 0) is 17.9 Å². The average molecular weight is 456 g/mol. The third-order valence-electron chi connectivity index (χ3n) is 8.43. The maximum atomic E-state index is 12.7. The highest BCUT2D eigenvalue weighted by Gasteiger charge is 2.58. The molecule has 2 saturated heterocycles. The first-order chi connectivity index (χ1) is 15.7. The van der Waals surface area contributed by atoms with Crippen molar-refractivity contribution < 1.29 is 4.79 Å². The van der Waals surface area contributed by atoms with Gasteiger partial charge >= 0.3 is 0 Å². The van der Waals surface area contributed by atoms with Crippen LogP contribution in [0, 0.1) is 11.3 Å². The molecule has 176 valence electrons. The lowest BCUT2D eigenvalue weighted by Gasteiger charge is -2.32. The molecule has 1 atom stereocenters. The van der Waals surface area contributed by atoms with Gasteiger partial charge in [0.1, 0.15) is 0 Å². The summed E-state index contributed by atoms with van der Waals surface area (Å²) in [5.41, 5.74) is 3.38. The molecule has 2 aliphatic heterocycles. The number of nitrogens with one attached hydrogen (secondary N) is 1. The number of amides is 1. The maximum absolute atomic E-state index is 12.7. The van der Waals surface area contributed by atoms with Crippen molar-refractivity contribution in [2.45, 2.75) is 83.7 Å². The third-order valence-corrected chi connectivity index (χ3v) is 9.40. The highest BCUT2D eigenvalue weighted by Crippen LogP contribution is 2.59. The summed E-state index contributed by atoms with van der Waals surface area (Å²) >= 11 is 1.94. The lowest BCUT2D eigenvalue weighted by Crippen LogP contribution is -2.36. The smallest absolute Gasteiger partial charge is 0.223 e. The fourth-order valence-corrected chi connectivity index (χ4v) is 7.14. The molecule has 1 N–H and O–H groups in total. The number of thiophene rings is 1. The minimum absolute atomic E-state index is 0.280. The molecule has 1 amide bonds. The quantitative estimate of drug-likeness (QED) is 0.537. The number of piperidine rings is 2. The Morgan fingerprint density at radius 2 is 1.84 bits per heavy atom. The SMILES string of the molecule is O=C(NCCC1=CCCCC1)C1CC12CCN(Cc1cc(CN3CCCCC3)cs1)CC2. The van der Waals surface area contributed by atoms with Crippen LogP contribution in [0.4, 0.5) is 0 Å². The zero-order valence-corrected chi connectivity index (χ0v) is 20.6. The molecule has 1 unspecified atom stereocenters. The molecule has 32 heavy (non-hydrogen) atoms. The first kappa shape index (κ1) is 22.6. The van der Waals surface area contributed by atoms with Gasteiger partial charge in [-0.3, -0.25) is 14.6 Å². The van der Waals surface area contributed by atoms with Crippen molar-refractivity contribution in [1.29, 1.82) is 0 Å². The Labute approximate surface area is 198 Å². The number of nitrogens with zero attached hydrogens (tertiary/aromatic N) is 2. The van der Waals surface area contributed by atoms with Gasteiger partial charge in [-0.25, -0.2) is 0 Å². The van der Waals surface area contributed by atoms with Gasteiger partial charge in [0.2, 0.25) is 5.91 Å². The van der Waals surface area contributed by atoms with Crippen LogP contribution < -0.4 is 5.32 Å². The number of rotatable bonds is 8. The van der Waals surface area contributed by atoms with E-state index < -0.39 is 0 Å². The van der Waals surface area contributed by atoms with E-state index in [1.807, 2.05) is 11.3 Å². The molecule has 0 bridgehead atoms. The molecule has 1 aromatic heterocycles. The fraction of sp³-hybridized carbons (Fsp3) is 0.741. The molecule has 5 heteroatoms. The van der Waals surface area contributed by atoms with E-state index in [1.54, 1.807) is 5.57 Å². The van der Waals surface area contributed by atoms with E-state index in [1.165, 1.54) is 81.3 Å². The van der Waals surface area contributed by atoms with Crippen LogP contribution >= 0.6 is 11.3 Å². The maximum Gasteiger partial charge on any atom is 0.223 e. The van der Waals surface area contributed by atoms with Crippen molar-refractivity contribution in [3.05, 3.63) is 33.5 Å². The monoisotopic (exact) mass is 455 g/mol. The largest absolute Gasteiger partial charge is 0.356 e. The number of likely N-dealkylation sites (tertiary alicyclic amines) is 2. The Hall–Kier alpha value is -1.17. The number of carbonyl (C=O) groups is 1. The third kappa shape index (κ3) is 5.66. The van der Waals surface area contributed by atoms with E-state index in [9.17, 15) is 4.79 Å². The van der Waals surface area contributed by atoms with Crippen LogP contribution in [-0.4, -0.2) is 48.4 Å². The van der Waals surface area contributed by atoms with E-state index in [2.05, 4.69) is 32.6 Å². The van der Waals surface area contributed by atoms with Gasteiger partial charge in [-0.05, 0) is 113 Å². The molecule has 1 saturated carbocycles. The standard InChI is InChI=1S/C27H41N3OS/c31-26(28-12-9-22-7-3-1-4-8-22)25-18-27(25)10-15-30(16-11-27)20-24-17-23(21-32-24)19-29-13-5-2-6-14-29/h7,17,21,25H,1-6,8-16,18-20H2,(H,28,31). The van der Waals surface area contributed by atoms with Gasteiger partial charge in [0.25, 0.3) is 0 Å². The Morgan fingerprint density at radius 1 is 1.03 bits per heavy atom. The van der Waals surface area contributed by atoms with Gasteiger partial charge in [-0.2, -0.15) is 0 Å². The molecule has 1 spiro atoms. The zero-order chi connectivity index (χ0) is 21.8. The molecule has 5 rings (SSSR count). The van der Waals surface area contributed by atoms with Gasteiger partial charge < -0.3 is 5.32 Å². The van der Waals surface area contributed by atoms with Crippen molar-refractivity contribution in [2.75, 3.05) is 32.7 Å². The Kier molecular flexibility index (Phi) is 7.35. The molecule has 0 radical (unpaired) electrons. The first-order valence-electron chi connectivity index (χ1n) is 13.2. The molecule has 1 aromatic rings. The summed E-state index contributed by atoms with van der Waals surface area (Å²) < 4.78 is 0. The van der Waals surface area contributed by atoms with Crippen LogP contribution in [0.1, 0.15) is 81.1 Å². The topological polar surface area (TPSA) is 35.6 Å². The highest BCUT2D eigenvalue weighted by molar-refractivity contribution is 7.10. The van der Waals surface area contributed by atoms with Gasteiger partial charge in [0, 0.05) is 30.4 Å². The second-order valence-electron chi connectivity index (χ2n) is 10.8. The van der Waals surface area contributed by atoms with Crippen molar-refractivity contribution in [3.8, 4) is 0 Å². The number of allylic oxidation sites excluding steroid dienone is 1. The predicted molar refractivity (Wildman–Crippen MR) is 133 cm³/mol. The van der Waals surface area contributed by atoms with Crippen LogP contribution in [0.25, 0.3) is 0 Å². The molecule has 2 aliphatic carbocycles. The lowest BCUT2D eigenvalue weighted by molar-refractivity contribution is -0.123. The van der Waals surface area contributed by atoms with Crippen LogP contribution in [0.2, 0.25) is 0 Å². The van der Waals surface area contributed by atoms with Crippen molar-refractivity contribution in [3.63, 3.8) is 0 Å². The minimum Gasteiger partial charge on any atom is -0.356 e. The van der Waals surface area contributed by atoms with E-state index in [0.29, 0.717) is 11.3 Å². The average Bonchev–Trinajstić information content (AvgIpc) is 3.36. The van der Waals surface area contributed by atoms with Gasteiger partial charge in [0.15, 0.2) is 0 Å². The Balaban J connectivity index is 1.02. The number of hydrogen-bond donors (Lipinski definition) is 1. The van der Waals surface area contributed by atoms with Crippen LogP contribution in [0.3, 0.4) is 0 Å². The molecule has 3 heterocycles. The van der Waals surface area contributed by atoms with E-state index in [-0.39, 0.29) is 5.92 Å². The normalized spacial score (nSPS) is 26.1. The Morgan fingerprint density at radius 3 is 2.62 bits per heavy atom. The van der Waals surface area contributed by atoms with Crippen LogP contribution in [0.5, 0.6) is 0 Å². The molecular formula is C27H41N3OS. The first-order valence-corrected chi connectivity index (χ1v) is 14.0. The van der Waals surface area contributed by atoms with Gasteiger partial charge in [-0.1, -0.05) is 18.1 Å². The number of hydrogen-bond acceptors (Lipinski definition) is 4. The van der Waals surface area contributed by atoms with Gasteiger partial charge in [-0.15, -0.1) is 11.3 Å². The second kappa shape index (κ2) is 10.4. The van der Waals surface area contributed by atoms with Gasteiger partial charge in [0.05, 0.1) is 0 Å². The molecule has 3 fully saturated rings. The summed E-state index contributed by atoms with van der Waals surface area (Å²) in [5.74, 6) is 0.610. The second-order valence-corrected chi connectivity index (χ2v) is 11.8. The summed E-state index contributed by atoms with van der Waals surface area (Å²) in [6.45, 7) is 7.89. The summed E-state index contributed by atoms with van der Waals surface area (Å²) in [5, 5.41) is 5.63. The van der Waals surface area contributed by atoms with E-state index >= 15 is 0 Å². The molecule has 4 nitrogen and oxygen atoms in total. The summed E-state index contributed by atoms with van der Waals surface area (Å²) in [4.78, 5) is 19.5. The highest BCUT2D eigenvalue weighted by atomic mass is 32.1. The number of carbonyl (C=O) groups excluding carboxylic acids is 1. The summed E-state index contributed by atoms with van der Waals surface area (Å²) in [6, 6.07) is 2.44. The zero-order valence-electron chi connectivity index (χ0n) is 19.7. The predicted octanol–water partition coefficient (Wildman–Crippen LogP) is 5.34. The molecular weight excluding hydrogens is 414 g/mol. The minimum atomic E-state index is 0.280. The molecule has 0 aromatic carbocycles. The van der Waals surface area contributed by atoms with Crippen molar-refractivity contribution in [1.82, 2.24) is 15.1 Å². The van der Waals surface area contributed by atoms with E-state index in [0.717, 1.165) is 45.6 Å². The van der Waals surface area contributed by atoms with Crippen molar-refractivity contribution in [2.24, 2.45) is 11.3 Å². The summed E-state index contributed by atoms with van der Waals surface area (Å²) in [6.07, 6.45) is 16.2. The van der Waals surface area contributed by atoms with Crippen molar-refractivity contribution >= 4 is 17.2 Å². The molecule has 4 aliphatic rings.